The van der Waals surface area contributed by atoms with E-state index in [1.165, 1.54) is 0 Å². The molecule has 0 aromatic heterocycles. The minimum Gasteiger partial charge on any atom is -0.368 e. The molecule has 7 heteroatoms. The SMILES string of the molecule is NC(=Nc1c(Cl)cc(Br)cc1Cl)NO. The van der Waals surface area contributed by atoms with Crippen molar-refractivity contribution in [3.63, 3.8) is 0 Å². The average Bonchev–Trinajstić information content (AvgIpc) is 2.10. The first-order chi connectivity index (χ1) is 6.54. The largest absolute Gasteiger partial charge is 0.368 e. The van der Waals surface area contributed by atoms with Crippen molar-refractivity contribution in [2.24, 2.45) is 10.7 Å². The van der Waals surface area contributed by atoms with Gasteiger partial charge in [0.2, 0.25) is 5.96 Å². The van der Waals surface area contributed by atoms with Crippen molar-refractivity contribution in [3.8, 4) is 0 Å². The van der Waals surface area contributed by atoms with Crippen molar-refractivity contribution in [1.82, 2.24) is 5.48 Å². The molecule has 1 aromatic carbocycles. The molecular formula is C7H6BrCl2N3O. The number of hydroxylamine groups is 1. The Morgan fingerprint density at radius 2 is 1.93 bits per heavy atom. The van der Waals surface area contributed by atoms with E-state index in [0.29, 0.717) is 15.7 Å². The number of rotatable bonds is 1. The van der Waals surface area contributed by atoms with Gasteiger partial charge in [-0.25, -0.2) is 10.5 Å². The minimum atomic E-state index is -0.184. The Balaban J connectivity index is 3.21. The maximum absolute atomic E-state index is 8.43. The molecule has 0 saturated carbocycles. The van der Waals surface area contributed by atoms with Crippen molar-refractivity contribution < 1.29 is 5.21 Å². The van der Waals surface area contributed by atoms with Gasteiger partial charge in [0, 0.05) is 4.47 Å². The summed E-state index contributed by atoms with van der Waals surface area (Å²) >= 11 is 14.9. The zero-order valence-corrected chi connectivity index (χ0v) is 9.86. The molecule has 0 amide bonds. The Kier molecular flexibility index (Phi) is 4.00. The molecule has 14 heavy (non-hydrogen) atoms. The van der Waals surface area contributed by atoms with E-state index in [4.69, 9.17) is 34.1 Å². The molecule has 0 saturated heterocycles. The lowest BCUT2D eigenvalue weighted by Gasteiger charge is -2.03. The highest BCUT2D eigenvalue weighted by atomic mass is 79.9. The molecule has 4 nitrogen and oxygen atoms in total. The third-order valence-corrected chi connectivity index (χ3v) is 2.36. The van der Waals surface area contributed by atoms with Gasteiger partial charge < -0.3 is 5.73 Å². The highest BCUT2D eigenvalue weighted by Crippen LogP contribution is 2.35. The zero-order chi connectivity index (χ0) is 10.7. The number of benzene rings is 1. The van der Waals surface area contributed by atoms with Crippen LogP contribution in [0.1, 0.15) is 0 Å². The van der Waals surface area contributed by atoms with E-state index in [1.807, 2.05) is 0 Å². The van der Waals surface area contributed by atoms with Crippen LogP contribution in [0, 0.1) is 0 Å². The van der Waals surface area contributed by atoms with Crippen molar-refractivity contribution >= 4 is 50.8 Å². The summed E-state index contributed by atoms with van der Waals surface area (Å²) in [4.78, 5) is 3.77. The van der Waals surface area contributed by atoms with Crippen LogP contribution < -0.4 is 11.2 Å². The van der Waals surface area contributed by atoms with Gasteiger partial charge in [-0.2, -0.15) is 0 Å². The molecule has 0 heterocycles. The van der Waals surface area contributed by atoms with Gasteiger partial charge in [-0.1, -0.05) is 39.1 Å². The topological polar surface area (TPSA) is 70.6 Å². The number of hydrogen-bond donors (Lipinski definition) is 3. The zero-order valence-electron chi connectivity index (χ0n) is 6.76. The summed E-state index contributed by atoms with van der Waals surface area (Å²) in [7, 11) is 0. The van der Waals surface area contributed by atoms with Crippen molar-refractivity contribution in [3.05, 3.63) is 26.7 Å². The number of nitrogens with one attached hydrogen (secondary N) is 1. The molecule has 0 aliphatic heterocycles. The predicted molar refractivity (Wildman–Crippen MR) is 60.4 cm³/mol. The van der Waals surface area contributed by atoms with Gasteiger partial charge in [-0.15, -0.1) is 0 Å². The first kappa shape index (κ1) is 11.6. The van der Waals surface area contributed by atoms with E-state index >= 15 is 0 Å². The summed E-state index contributed by atoms with van der Waals surface area (Å²) in [5.41, 5.74) is 7.22. The number of hydrogen-bond acceptors (Lipinski definition) is 2. The Bertz CT molecular complexity index is 360. The molecule has 1 aromatic rings. The smallest absolute Gasteiger partial charge is 0.218 e. The fraction of sp³-hybridized carbons (Fsp3) is 0. The van der Waals surface area contributed by atoms with Gasteiger partial charge in [-0.3, -0.25) is 5.21 Å². The van der Waals surface area contributed by atoms with Crippen LogP contribution in [0.4, 0.5) is 5.69 Å². The number of aliphatic imine (C=N–C) groups is 1. The predicted octanol–water partition coefficient (Wildman–Crippen LogP) is 2.68. The molecule has 0 aliphatic carbocycles. The van der Waals surface area contributed by atoms with Crippen molar-refractivity contribution in [2.45, 2.75) is 0 Å². The van der Waals surface area contributed by atoms with E-state index < -0.39 is 0 Å². The maximum Gasteiger partial charge on any atom is 0.218 e. The highest BCUT2D eigenvalue weighted by molar-refractivity contribution is 9.10. The van der Waals surface area contributed by atoms with Crippen LogP contribution in [0.25, 0.3) is 0 Å². The lowest BCUT2D eigenvalue weighted by molar-refractivity contribution is 0.233. The van der Waals surface area contributed by atoms with E-state index in [1.54, 1.807) is 17.6 Å². The fourth-order valence-corrected chi connectivity index (χ4v) is 2.08. The molecular weight excluding hydrogens is 293 g/mol. The molecule has 0 radical (unpaired) electrons. The van der Waals surface area contributed by atoms with Gasteiger partial charge in [0.1, 0.15) is 5.69 Å². The molecule has 76 valence electrons. The van der Waals surface area contributed by atoms with Crippen LogP contribution in [0.3, 0.4) is 0 Å². The molecule has 0 atom stereocenters. The number of halogens is 3. The Labute approximate surface area is 98.8 Å². The lowest BCUT2D eigenvalue weighted by Crippen LogP contribution is -2.27. The van der Waals surface area contributed by atoms with E-state index in [-0.39, 0.29) is 5.96 Å². The van der Waals surface area contributed by atoms with E-state index in [0.717, 1.165) is 4.47 Å². The first-order valence-corrected chi connectivity index (χ1v) is 4.98. The minimum absolute atomic E-state index is 0.184. The monoisotopic (exact) mass is 297 g/mol. The van der Waals surface area contributed by atoms with Crippen LogP contribution in [-0.2, 0) is 0 Å². The van der Waals surface area contributed by atoms with Crippen molar-refractivity contribution in [1.29, 1.82) is 0 Å². The summed E-state index contributed by atoms with van der Waals surface area (Å²) in [6, 6.07) is 3.24. The first-order valence-electron chi connectivity index (χ1n) is 3.43. The summed E-state index contributed by atoms with van der Waals surface area (Å²) in [5.74, 6) is -0.184. The second-order valence-electron chi connectivity index (χ2n) is 2.33. The molecule has 0 spiro atoms. The molecule has 0 unspecified atom stereocenters. The Morgan fingerprint density at radius 1 is 1.43 bits per heavy atom. The van der Waals surface area contributed by atoms with Crippen LogP contribution in [-0.4, -0.2) is 11.2 Å². The number of nitrogens with two attached hydrogens (primary N) is 1. The molecule has 0 bridgehead atoms. The molecule has 4 N–H and O–H groups in total. The third kappa shape index (κ3) is 2.75. The highest BCUT2D eigenvalue weighted by Gasteiger charge is 2.06. The Morgan fingerprint density at radius 3 is 2.36 bits per heavy atom. The van der Waals surface area contributed by atoms with E-state index in [2.05, 4.69) is 20.9 Å². The Hall–Kier alpha value is -0.490. The summed E-state index contributed by atoms with van der Waals surface area (Å²) in [5, 5.41) is 9.10. The normalized spacial score (nSPS) is 11.6. The molecule has 0 fully saturated rings. The van der Waals surface area contributed by atoms with E-state index in [9.17, 15) is 0 Å². The van der Waals surface area contributed by atoms with Crippen LogP contribution in [0.5, 0.6) is 0 Å². The second-order valence-corrected chi connectivity index (χ2v) is 4.06. The number of guanidine groups is 1. The van der Waals surface area contributed by atoms with Crippen LogP contribution in [0.2, 0.25) is 10.0 Å². The van der Waals surface area contributed by atoms with Crippen LogP contribution >= 0.6 is 39.1 Å². The van der Waals surface area contributed by atoms with Crippen molar-refractivity contribution in [2.75, 3.05) is 0 Å². The lowest BCUT2D eigenvalue weighted by atomic mass is 10.3. The van der Waals surface area contributed by atoms with Gasteiger partial charge in [0.25, 0.3) is 0 Å². The van der Waals surface area contributed by atoms with Gasteiger partial charge >= 0.3 is 0 Å². The van der Waals surface area contributed by atoms with Crippen LogP contribution in [0.15, 0.2) is 21.6 Å². The van der Waals surface area contributed by atoms with Gasteiger partial charge in [0.05, 0.1) is 10.0 Å². The summed E-state index contributed by atoms with van der Waals surface area (Å²) < 4.78 is 0.738. The summed E-state index contributed by atoms with van der Waals surface area (Å²) in [6.07, 6.45) is 0. The molecule has 0 aliphatic rings. The summed E-state index contributed by atoms with van der Waals surface area (Å²) in [6.45, 7) is 0. The average molecular weight is 299 g/mol. The second kappa shape index (κ2) is 4.84. The fourth-order valence-electron chi connectivity index (χ4n) is 0.787. The van der Waals surface area contributed by atoms with Gasteiger partial charge in [0.15, 0.2) is 0 Å². The number of nitrogens with zero attached hydrogens (tertiary/aromatic N) is 1. The maximum atomic E-state index is 8.43. The third-order valence-electron chi connectivity index (χ3n) is 1.33. The van der Waals surface area contributed by atoms with Gasteiger partial charge in [-0.05, 0) is 12.1 Å². The molecule has 1 rings (SSSR count). The quantitative estimate of drug-likeness (QED) is 0.424. The standard InChI is InChI=1S/C7H6BrCl2N3O/c8-3-1-4(9)6(5(10)2-3)12-7(11)13-14/h1-2,14H,(H3,11,12,13).